The number of hydrogen-bond donors (Lipinski definition) is 1. The molecule has 0 aliphatic carbocycles. The molecule has 2 aromatic heterocycles. The van der Waals surface area contributed by atoms with Gasteiger partial charge in [-0.25, -0.2) is 9.98 Å². The van der Waals surface area contributed by atoms with Crippen molar-refractivity contribution in [3.05, 3.63) is 95.5 Å². The van der Waals surface area contributed by atoms with E-state index in [4.69, 9.17) is 21.0 Å². The zero-order valence-corrected chi connectivity index (χ0v) is 18.2. The van der Waals surface area contributed by atoms with Gasteiger partial charge in [0.2, 0.25) is 5.55 Å². The molecule has 4 nitrogen and oxygen atoms in total. The maximum atomic E-state index is 10.3. The summed E-state index contributed by atoms with van der Waals surface area (Å²) in [6.07, 6.45) is 0. The van der Waals surface area contributed by atoms with Crippen molar-refractivity contribution in [1.82, 2.24) is 4.98 Å². The molecule has 1 N–H and O–H groups in total. The molecule has 0 aliphatic heterocycles. The molecule has 154 valence electrons. The van der Waals surface area contributed by atoms with E-state index in [9.17, 15) is 5.11 Å². The molecule has 0 aliphatic rings. The molecule has 0 saturated heterocycles. The van der Waals surface area contributed by atoms with Crippen LogP contribution >= 0.6 is 22.9 Å². The SMILES string of the molecule is Oc1ccc(Cl)cc1N=c1oc2ccc3ccccc3c2cc1-c1nc2ccccc2s1. The summed E-state index contributed by atoms with van der Waals surface area (Å²) in [6.45, 7) is 0. The number of phenols is 1. The lowest BCUT2D eigenvalue weighted by Crippen LogP contribution is -2.05. The van der Waals surface area contributed by atoms with E-state index in [-0.39, 0.29) is 5.75 Å². The van der Waals surface area contributed by atoms with Crippen molar-refractivity contribution >= 4 is 60.6 Å². The normalized spacial score (nSPS) is 12.2. The average Bonchev–Trinajstić information content (AvgIpc) is 3.25. The monoisotopic (exact) mass is 454 g/mol. The summed E-state index contributed by atoms with van der Waals surface area (Å²) in [7, 11) is 0. The van der Waals surface area contributed by atoms with E-state index in [1.807, 2.05) is 48.5 Å². The Labute approximate surface area is 191 Å². The lowest BCUT2D eigenvalue weighted by Gasteiger charge is -2.06. The van der Waals surface area contributed by atoms with Crippen LogP contribution in [0.2, 0.25) is 5.02 Å². The van der Waals surface area contributed by atoms with Crippen molar-refractivity contribution in [1.29, 1.82) is 0 Å². The third kappa shape index (κ3) is 3.23. The Bertz CT molecular complexity index is 1690. The van der Waals surface area contributed by atoms with E-state index in [1.165, 1.54) is 6.07 Å². The summed E-state index contributed by atoms with van der Waals surface area (Å²) < 4.78 is 7.38. The third-order valence-electron chi connectivity index (χ3n) is 5.34. The summed E-state index contributed by atoms with van der Waals surface area (Å²) in [5.74, 6) is 0.0264. The molecule has 0 fully saturated rings. The Morgan fingerprint density at radius 3 is 2.62 bits per heavy atom. The molecule has 0 atom stereocenters. The topological polar surface area (TPSA) is 58.6 Å². The molecule has 0 saturated carbocycles. The molecule has 6 heteroatoms. The van der Waals surface area contributed by atoms with Crippen LogP contribution in [0.1, 0.15) is 0 Å². The number of thiazole rings is 1. The van der Waals surface area contributed by atoms with Crippen LogP contribution in [0.25, 0.3) is 42.5 Å². The summed E-state index contributed by atoms with van der Waals surface area (Å²) in [4.78, 5) is 9.47. The van der Waals surface area contributed by atoms with E-state index in [1.54, 1.807) is 23.5 Å². The first-order valence-corrected chi connectivity index (χ1v) is 11.2. The van der Waals surface area contributed by atoms with Crippen LogP contribution < -0.4 is 5.55 Å². The Kier molecular flexibility index (Phi) is 4.45. The van der Waals surface area contributed by atoms with E-state index in [0.29, 0.717) is 21.8 Å². The van der Waals surface area contributed by atoms with Gasteiger partial charge in [-0.15, -0.1) is 11.3 Å². The minimum atomic E-state index is 0.0264. The van der Waals surface area contributed by atoms with Gasteiger partial charge in [0, 0.05) is 10.4 Å². The fraction of sp³-hybridized carbons (Fsp3) is 0. The molecular weight excluding hydrogens is 440 g/mol. The first-order valence-electron chi connectivity index (χ1n) is 10.0. The molecule has 2 heterocycles. The molecule has 6 aromatic rings. The maximum absolute atomic E-state index is 10.3. The van der Waals surface area contributed by atoms with Gasteiger partial charge >= 0.3 is 0 Å². The molecule has 0 spiro atoms. The van der Waals surface area contributed by atoms with Gasteiger partial charge in [-0.05, 0) is 53.2 Å². The number of halogens is 1. The Morgan fingerprint density at radius 1 is 0.875 bits per heavy atom. The third-order valence-corrected chi connectivity index (χ3v) is 6.64. The molecule has 0 bridgehead atoms. The molecule has 32 heavy (non-hydrogen) atoms. The van der Waals surface area contributed by atoms with Crippen molar-refractivity contribution in [3.63, 3.8) is 0 Å². The molecule has 0 amide bonds. The highest BCUT2D eigenvalue weighted by molar-refractivity contribution is 7.21. The van der Waals surface area contributed by atoms with E-state index >= 15 is 0 Å². The molecule has 0 radical (unpaired) electrons. The van der Waals surface area contributed by atoms with Crippen LogP contribution in [0.4, 0.5) is 5.69 Å². The van der Waals surface area contributed by atoms with Crippen LogP contribution in [-0.4, -0.2) is 10.1 Å². The number of aromatic nitrogens is 1. The van der Waals surface area contributed by atoms with Crippen molar-refractivity contribution < 1.29 is 9.52 Å². The number of fused-ring (bicyclic) bond motifs is 4. The number of hydrogen-bond acceptors (Lipinski definition) is 5. The quantitative estimate of drug-likeness (QED) is 0.276. The fourth-order valence-electron chi connectivity index (χ4n) is 3.80. The second-order valence-corrected chi connectivity index (χ2v) is 8.86. The molecular formula is C26H15ClN2O2S. The Balaban J connectivity index is 1.72. The number of para-hydroxylation sites is 1. The number of phenolic OH excluding ortho intramolecular Hbond substituents is 1. The zero-order valence-electron chi connectivity index (χ0n) is 16.6. The molecule has 6 rings (SSSR count). The highest BCUT2D eigenvalue weighted by Crippen LogP contribution is 2.34. The van der Waals surface area contributed by atoms with Gasteiger partial charge in [0.15, 0.2) is 0 Å². The van der Waals surface area contributed by atoms with E-state index < -0.39 is 0 Å². The summed E-state index contributed by atoms with van der Waals surface area (Å²) in [5.41, 5.74) is 3.08. The largest absolute Gasteiger partial charge is 0.506 e. The lowest BCUT2D eigenvalue weighted by molar-refractivity contribution is 0.475. The van der Waals surface area contributed by atoms with Crippen LogP contribution in [0, 0.1) is 0 Å². The minimum Gasteiger partial charge on any atom is -0.506 e. The zero-order chi connectivity index (χ0) is 21.7. The summed E-state index contributed by atoms with van der Waals surface area (Å²) in [6, 6.07) is 27.0. The predicted octanol–water partition coefficient (Wildman–Crippen LogP) is 7.45. The van der Waals surface area contributed by atoms with Crippen LogP contribution in [0.3, 0.4) is 0 Å². The standard InChI is InChI=1S/C26H15ClN2O2S/c27-16-10-11-22(30)21(13-16)28-25-19(26-29-20-7-3-4-8-24(20)32-26)14-18-17-6-2-1-5-15(17)9-12-23(18)31-25/h1-14,30H. The van der Waals surface area contributed by atoms with Crippen LogP contribution in [-0.2, 0) is 0 Å². The van der Waals surface area contributed by atoms with Crippen molar-refractivity contribution in [2.24, 2.45) is 4.99 Å². The second-order valence-electron chi connectivity index (χ2n) is 7.40. The molecule has 0 unspecified atom stereocenters. The van der Waals surface area contributed by atoms with Crippen LogP contribution in [0.5, 0.6) is 5.75 Å². The van der Waals surface area contributed by atoms with Gasteiger partial charge in [0.25, 0.3) is 0 Å². The number of rotatable bonds is 2. The molecule has 4 aromatic carbocycles. The maximum Gasteiger partial charge on any atom is 0.230 e. The Hall–Kier alpha value is -3.67. The summed E-state index contributed by atoms with van der Waals surface area (Å²) in [5, 5.41) is 14.8. The van der Waals surface area contributed by atoms with Gasteiger partial charge < -0.3 is 9.52 Å². The number of aromatic hydroxyl groups is 1. The van der Waals surface area contributed by atoms with Gasteiger partial charge in [0.1, 0.15) is 22.0 Å². The van der Waals surface area contributed by atoms with Gasteiger partial charge in [-0.3, -0.25) is 0 Å². The lowest BCUT2D eigenvalue weighted by atomic mass is 10.0. The smallest absolute Gasteiger partial charge is 0.230 e. The Morgan fingerprint density at radius 2 is 1.72 bits per heavy atom. The van der Waals surface area contributed by atoms with Crippen molar-refractivity contribution in [2.45, 2.75) is 0 Å². The average molecular weight is 455 g/mol. The fourth-order valence-corrected chi connectivity index (χ4v) is 4.94. The minimum absolute atomic E-state index is 0.0264. The first kappa shape index (κ1) is 19.0. The van der Waals surface area contributed by atoms with Gasteiger partial charge in [0.05, 0.1) is 15.8 Å². The summed E-state index contributed by atoms with van der Waals surface area (Å²) >= 11 is 7.72. The highest BCUT2D eigenvalue weighted by Gasteiger charge is 2.14. The van der Waals surface area contributed by atoms with Crippen molar-refractivity contribution in [3.8, 4) is 16.3 Å². The van der Waals surface area contributed by atoms with Crippen molar-refractivity contribution in [2.75, 3.05) is 0 Å². The number of nitrogens with zero attached hydrogens (tertiary/aromatic N) is 2. The van der Waals surface area contributed by atoms with Gasteiger partial charge in [-0.1, -0.05) is 54.1 Å². The predicted molar refractivity (Wildman–Crippen MR) is 131 cm³/mol. The first-order chi connectivity index (χ1) is 15.7. The van der Waals surface area contributed by atoms with E-state index in [0.717, 1.165) is 36.9 Å². The number of benzene rings is 4. The second kappa shape index (κ2) is 7.48. The van der Waals surface area contributed by atoms with Crippen LogP contribution in [0.15, 0.2) is 94.3 Å². The van der Waals surface area contributed by atoms with E-state index in [2.05, 4.69) is 23.2 Å². The highest BCUT2D eigenvalue weighted by atomic mass is 35.5. The van der Waals surface area contributed by atoms with Gasteiger partial charge in [-0.2, -0.15) is 0 Å².